The number of aliphatic hydroxyl groups is 1. The number of nitrogens with zero attached hydrogens (tertiary/aromatic N) is 4. The summed E-state index contributed by atoms with van der Waals surface area (Å²) in [5.41, 5.74) is 13.7. The Morgan fingerprint density at radius 1 is 1.11 bits per heavy atom. The van der Waals surface area contributed by atoms with Crippen LogP contribution in [0.25, 0.3) is 11.2 Å². The van der Waals surface area contributed by atoms with Crippen LogP contribution in [0.4, 0.5) is 14.5 Å². The van der Waals surface area contributed by atoms with E-state index in [2.05, 4.69) is 25.6 Å². The Kier molecular flexibility index (Phi) is 8.31. The number of halogens is 2. The first-order valence-electron chi connectivity index (χ1n) is 11.6. The Labute approximate surface area is 215 Å². The van der Waals surface area contributed by atoms with E-state index in [-0.39, 0.29) is 36.3 Å². The molecule has 0 radical (unpaired) electrons. The second-order valence-electron chi connectivity index (χ2n) is 8.72. The van der Waals surface area contributed by atoms with Crippen molar-refractivity contribution >= 4 is 28.7 Å². The predicted molar refractivity (Wildman–Crippen MR) is 135 cm³/mol. The standard InChI is InChI=1S/C25H26F2N8O3/c26-16-4-5-19(27)15(6-16)7-17(28)9-31-24(37)14-2-1-3-18(8-14)34-25(38)22(36)20(29)11-35-13-33-21-10-30-12-32-23(21)35/h1-6,8,10,12-13,17,20,22,36H,7,9,11,28-29H2,(H,31,37)(H,34,38). The molecule has 13 heteroatoms. The number of anilines is 1. The first-order valence-corrected chi connectivity index (χ1v) is 11.6. The lowest BCUT2D eigenvalue weighted by molar-refractivity contribution is -0.125. The van der Waals surface area contributed by atoms with Gasteiger partial charge in [0.2, 0.25) is 0 Å². The van der Waals surface area contributed by atoms with Crippen LogP contribution in [0, 0.1) is 11.6 Å². The SMILES string of the molecule is NC(CNC(=O)c1cccc(NC(=O)C(O)C(N)Cn2cnc3cncnc32)c1)Cc1cc(F)ccc1F. The number of nitrogens with one attached hydrogen (secondary N) is 2. The zero-order chi connectivity index (χ0) is 27.2. The normalized spacial score (nSPS) is 13.6. The van der Waals surface area contributed by atoms with Gasteiger partial charge in [0.05, 0.1) is 18.6 Å². The van der Waals surface area contributed by atoms with E-state index in [4.69, 9.17) is 11.5 Å². The number of aromatic nitrogens is 4. The summed E-state index contributed by atoms with van der Waals surface area (Å²) in [5, 5.41) is 15.6. The molecule has 11 nitrogen and oxygen atoms in total. The Morgan fingerprint density at radius 3 is 2.74 bits per heavy atom. The number of carbonyl (C=O) groups is 2. The van der Waals surface area contributed by atoms with Crippen molar-refractivity contribution in [2.75, 3.05) is 11.9 Å². The van der Waals surface area contributed by atoms with Crippen molar-refractivity contribution in [1.82, 2.24) is 24.8 Å². The molecule has 0 fully saturated rings. The highest BCUT2D eigenvalue weighted by Gasteiger charge is 2.24. The molecule has 0 bridgehead atoms. The second-order valence-corrected chi connectivity index (χ2v) is 8.72. The number of nitrogens with two attached hydrogens (primary N) is 2. The summed E-state index contributed by atoms with van der Waals surface area (Å²) in [7, 11) is 0. The lowest BCUT2D eigenvalue weighted by Gasteiger charge is -2.19. The molecular formula is C25H26F2N8O3. The van der Waals surface area contributed by atoms with E-state index in [1.54, 1.807) is 16.7 Å². The molecule has 4 aromatic rings. The van der Waals surface area contributed by atoms with Crippen molar-refractivity contribution in [2.45, 2.75) is 31.2 Å². The highest BCUT2D eigenvalue weighted by Crippen LogP contribution is 2.14. The number of fused-ring (bicyclic) bond motifs is 1. The van der Waals surface area contributed by atoms with E-state index < -0.39 is 41.6 Å². The molecule has 4 rings (SSSR count). The molecular weight excluding hydrogens is 498 g/mol. The molecule has 3 unspecified atom stereocenters. The molecule has 0 spiro atoms. The fourth-order valence-corrected chi connectivity index (χ4v) is 3.80. The minimum Gasteiger partial charge on any atom is -0.382 e. The first kappa shape index (κ1) is 26.7. The summed E-state index contributed by atoms with van der Waals surface area (Å²) in [5.74, 6) is -2.39. The fourth-order valence-electron chi connectivity index (χ4n) is 3.80. The number of aliphatic hydroxyl groups excluding tert-OH is 1. The third kappa shape index (κ3) is 6.51. The zero-order valence-corrected chi connectivity index (χ0v) is 20.1. The Balaban J connectivity index is 1.31. The van der Waals surface area contributed by atoms with Crippen molar-refractivity contribution < 1.29 is 23.5 Å². The molecule has 7 N–H and O–H groups in total. The van der Waals surface area contributed by atoms with Gasteiger partial charge in [-0.1, -0.05) is 6.07 Å². The van der Waals surface area contributed by atoms with Gasteiger partial charge < -0.3 is 31.8 Å². The summed E-state index contributed by atoms with van der Waals surface area (Å²) >= 11 is 0. The van der Waals surface area contributed by atoms with E-state index in [9.17, 15) is 23.5 Å². The summed E-state index contributed by atoms with van der Waals surface area (Å²) in [4.78, 5) is 37.3. The van der Waals surface area contributed by atoms with Gasteiger partial charge in [-0.3, -0.25) is 9.59 Å². The van der Waals surface area contributed by atoms with Crippen LogP contribution < -0.4 is 22.1 Å². The summed E-state index contributed by atoms with van der Waals surface area (Å²) in [6.07, 6.45) is 2.85. The molecule has 0 aliphatic rings. The van der Waals surface area contributed by atoms with Crippen LogP contribution in [0.2, 0.25) is 0 Å². The summed E-state index contributed by atoms with van der Waals surface area (Å²) < 4.78 is 28.8. The Hall–Kier alpha value is -4.33. The van der Waals surface area contributed by atoms with Crippen LogP contribution in [0.15, 0.2) is 61.3 Å². The van der Waals surface area contributed by atoms with Crippen LogP contribution >= 0.6 is 0 Å². The maximum atomic E-state index is 13.8. The largest absolute Gasteiger partial charge is 0.382 e. The lowest BCUT2D eigenvalue weighted by Crippen LogP contribution is -2.45. The third-order valence-electron chi connectivity index (χ3n) is 5.77. The monoisotopic (exact) mass is 524 g/mol. The topological polar surface area (TPSA) is 174 Å². The average Bonchev–Trinajstić information content (AvgIpc) is 3.31. The fraction of sp³-hybridized carbons (Fsp3) is 0.240. The predicted octanol–water partition coefficient (Wildman–Crippen LogP) is 0.731. The van der Waals surface area contributed by atoms with E-state index >= 15 is 0 Å². The molecule has 0 saturated carbocycles. The van der Waals surface area contributed by atoms with Gasteiger partial charge in [0.1, 0.15) is 29.6 Å². The van der Waals surface area contributed by atoms with Crippen LogP contribution in [-0.2, 0) is 17.8 Å². The van der Waals surface area contributed by atoms with Gasteiger partial charge in [0.15, 0.2) is 5.65 Å². The van der Waals surface area contributed by atoms with Crippen LogP contribution in [0.1, 0.15) is 15.9 Å². The number of hydrogen-bond donors (Lipinski definition) is 5. The van der Waals surface area contributed by atoms with E-state index in [1.807, 2.05) is 0 Å². The van der Waals surface area contributed by atoms with Gasteiger partial charge in [-0.25, -0.2) is 23.7 Å². The summed E-state index contributed by atoms with van der Waals surface area (Å²) in [6, 6.07) is 7.51. The molecule has 0 aliphatic carbocycles. The number of carbonyl (C=O) groups excluding carboxylic acids is 2. The zero-order valence-electron chi connectivity index (χ0n) is 20.1. The Bertz CT molecular complexity index is 1450. The van der Waals surface area contributed by atoms with E-state index in [0.717, 1.165) is 18.2 Å². The molecule has 2 aromatic carbocycles. The number of rotatable bonds is 10. The van der Waals surface area contributed by atoms with Crippen molar-refractivity contribution in [3.8, 4) is 0 Å². The number of hydrogen-bond acceptors (Lipinski definition) is 8. The first-order chi connectivity index (χ1) is 18.2. The molecule has 0 saturated heterocycles. The Morgan fingerprint density at radius 2 is 1.92 bits per heavy atom. The van der Waals surface area contributed by atoms with Crippen molar-refractivity contribution in [1.29, 1.82) is 0 Å². The van der Waals surface area contributed by atoms with E-state index in [1.165, 1.54) is 31.0 Å². The molecule has 2 heterocycles. The molecule has 2 aromatic heterocycles. The van der Waals surface area contributed by atoms with Crippen LogP contribution in [-0.4, -0.2) is 61.2 Å². The number of benzene rings is 2. The molecule has 3 atom stereocenters. The minimum atomic E-state index is -1.56. The van der Waals surface area contributed by atoms with Gasteiger partial charge in [-0.15, -0.1) is 0 Å². The smallest absolute Gasteiger partial charge is 0.254 e. The molecule has 198 valence electrons. The minimum absolute atomic E-state index is 0.00674. The van der Waals surface area contributed by atoms with Crippen LogP contribution in [0.3, 0.4) is 0 Å². The number of amides is 2. The van der Waals surface area contributed by atoms with Gasteiger partial charge >= 0.3 is 0 Å². The molecule has 38 heavy (non-hydrogen) atoms. The van der Waals surface area contributed by atoms with Gasteiger partial charge in [0.25, 0.3) is 11.8 Å². The van der Waals surface area contributed by atoms with Gasteiger partial charge in [-0.2, -0.15) is 0 Å². The van der Waals surface area contributed by atoms with Crippen molar-refractivity contribution in [2.24, 2.45) is 11.5 Å². The van der Waals surface area contributed by atoms with Gasteiger partial charge in [-0.05, 0) is 48.4 Å². The highest BCUT2D eigenvalue weighted by atomic mass is 19.1. The highest BCUT2D eigenvalue weighted by molar-refractivity contribution is 5.98. The second kappa shape index (κ2) is 11.8. The lowest BCUT2D eigenvalue weighted by atomic mass is 10.1. The summed E-state index contributed by atoms with van der Waals surface area (Å²) in [6.45, 7) is 0.0805. The number of imidazole rings is 1. The van der Waals surface area contributed by atoms with Crippen molar-refractivity contribution in [3.63, 3.8) is 0 Å². The molecule has 2 amide bonds. The maximum Gasteiger partial charge on any atom is 0.254 e. The van der Waals surface area contributed by atoms with Crippen LogP contribution in [0.5, 0.6) is 0 Å². The quantitative estimate of drug-likeness (QED) is 0.202. The maximum absolute atomic E-state index is 13.8. The molecule has 0 aliphatic heterocycles. The van der Waals surface area contributed by atoms with Gasteiger partial charge in [0, 0.05) is 30.4 Å². The van der Waals surface area contributed by atoms with E-state index in [0.29, 0.717) is 11.2 Å². The van der Waals surface area contributed by atoms with Crippen molar-refractivity contribution in [3.05, 3.63) is 84.1 Å². The third-order valence-corrected chi connectivity index (χ3v) is 5.77. The average molecular weight is 525 g/mol.